The number of hydrogen-bond acceptors (Lipinski definition) is 2. The molecule has 5 rings (SSSR count). The van der Waals surface area contributed by atoms with Crippen LogP contribution in [0, 0.1) is 5.92 Å². The van der Waals surface area contributed by atoms with Crippen LogP contribution in [0.2, 0.25) is 0 Å². The van der Waals surface area contributed by atoms with Gasteiger partial charge in [0.25, 0.3) is 0 Å². The van der Waals surface area contributed by atoms with Gasteiger partial charge in [0.15, 0.2) is 0 Å². The highest BCUT2D eigenvalue weighted by Gasteiger charge is 2.54. The Morgan fingerprint density at radius 1 is 1.14 bits per heavy atom. The Hall–Kier alpha value is -0.860. The highest BCUT2D eigenvalue weighted by atomic mass is 16.7. The minimum atomic E-state index is 0.469. The van der Waals surface area contributed by atoms with Crippen LogP contribution in [-0.2, 0) is 16.7 Å². The first-order chi connectivity index (χ1) is 10.8. The van der Waals surface area contributed by atoms with E-state index in [4.69, 9.17) is 4.84 Å². The third kappa shape index (κ3) is 1.80. The smallest absolute Gasteiger partial charge is 0.0575 e. The van der Waals surface area contributed by atoms with Crippen molar-refractivity contribution in [1.82, 2.24) is 5.06 Å². The Bertz CT molecular complexity index is 593. The van der Waals surface area contributed by atoms with Gasteiger partial charge in [0.1, 0.15) is 0 Å². The molecule has 2 bridgehead atoms. The predicted molar refractivity (Wildman–Crippen MR) is 87.9 cm³/mol. The van der Waals surface area contributed by atoms with E-state index in [1.54, 1.807) is 16.7 Å². The SMILES string of the molecule is CON1CC[C@]23CCCC[C@H]2[C@H]1Cc1ccc(C2CC2)cc13. The van der Waals surface area contributed by atoms with Crippen LogP contribution in [0.15, 0.2) is 18.2 Å². The number of hydroxylamine groups is 2. The van der Waals surface area contributed by atoms with E-state index in [0.29, 0.717) is 11.5 Å². The quantitative estimate of drug-likeness (QED) is 0.812. The van der Waals surface area contributed by atoms with E-state index in [1.165, 1.54) is 51.4 Å². The lowest BCUT2D eigenvalue weighted by molar-refractivity contribution is -0.211. The number of rotatable bonds is 2. The van der Waals surface area contributed by atoms with E-state index in [0.717, 1.165) is 18.4 Å². The third-order valence-corrected chi connectivity index (χ3v) is 7.09. The van der Waals surface area contributed by atoms with Gasteiger partial charge in [-0.25, -0.2) is 0 Å². The normalized spacial score (nSPS) is 37.5. The van der Waals surface area contributed by atoms with Crippen molar-refractivity contribution in [2.75, 3.05) is 13.7 Å². The molecule has 0 amide bonds. The largest absolute Gasteiger partial charge is 0.302 e. The molecule has 0 spiro atoms. The summed E-state index contributed by atoms with van der Waals surface area (Å²) in [6, 6.07) is 8.12. The van der Waals surface area contributed by atoms with Gasteiger partial charge in [-0.15, -0.1) is 0 Å². The van der Waals surface area contributed by atoms with Crippen LogP contribution >= 0.6 is 0 Å². The van der Waals surface area contributed by atoms with Crippen LogP contribution in [0.1, 0.15) is 67.6 Å². The van der Waals surface area contributed by atoms with Crippen molar-refractivity contribution in [3.05, 3.63) is 34.9 Å². The molecular weight excluding hydrogens is 270 g/mol. The highest BCUT2D eigenvalue weighted by Crippen LogP contribution is 2.56. The van der Waals surface area contributed by atoms with E-state index < -0.39 is 0 Å². The second-order valence-electron chi connectivity index (χ2n) is 8.04. The monoisotopic (exact) mass is 297 g/mol. The van der Waals surface area contributed by atoms with Crippen LogP contribution in [0.3, 0.4) is 0 Å². The number of hydrogen-bond donors (Lipinski definition) is 0. The minimum Gasteiger partial charge on any atom is -0.302 e. The molecule has 118 valence electrons. The molecule has 1 aromatic carbocycles. The number of benzene rings is 1. The van der Waals surface area contributed by atoms with Gasteiger partial charge in [0.05, 0.1) is 7.11 Å². The lowest BCUT2D eigenvalue weighted by Crippen LogP contribution is -2.60. The molecule has 2 nitrogen and oxygen atoms in total. The molecule has 3 aliphatic carbocycles. The van der Waals surface area contributed by atoms with E-state index in [2.05, 4.69) is 23.3 Å². The van der Waals surface area contributed by atoms with Crippen molar-refractivity contribution in [3.8, 4) is 0 Å². The molecule has 3 fully saturated rings. The van der Waals surface area contributed by atoms with Gasteiger partial charge in [-0.1, -0.05) is 31.0 Å². The maximum atomic E-state index is 5.74. The van der Waals surface area contributed by atoms with Crippen LogP contribution in [0.4, 0.5) is 0 Å². The lowest BCUT2D eigenvalue weighted by atomic mass is 9.52. The molecule has 2 saturated carbocycles. The fourth-order valence-electron chi connectivity index (χ4n) is 5.88. The van der Waals surface area contributed by atoms with Crippen molar-refractivity contribution < 1.29 is 4.84 Å². The van der Waals surface area contributed by atoms with Gasteiger partial charge < -0.3 is 4.84 Å². The summed E-state index contributed by atoms with van der Waals surface area (Å²) >= 11 is 0. The Kier molecular flexibility index (Phi) is 2.97. The molecule has 2 heteroatoms. The molecule has 0 aromatic heterocycles. The zero-order chi connectivity index (χ0) is 14.7. The molecule has 22 heavy (non-hydrogen) atoms. The average Bonchev–Trinajstić information content (AvgIpc) is 3.40. The van der Waals surface area contributed by atoms with Gasteiger partial charge in [0.2, 0.25) is 0 Å². The average molecular weight is 297 g/mol. The Morgan fingerprint density at radius 2 is 2.05 bits per heavy atom. The summed E-state index contributed by atoms with van der Waals surface area (Å²) in [7, 11) is 1.86. The van der Waals surface area contributed by atoms with Gasteiger partial charge in [-0.05, 0) is 67.1 Å². The molecule has 1 aliphatic heterocycles. The van der Waals surface area contributed by atoms with Crippen molar-refractivity contribution >= 4 is 0 Å². The van der Waals surface area contributed by atoms with Crippen molar-refractivity contribution in [1.29, 1.82) is 0 Å². The fourth-order valence-corrected chi connectivity index (χ4v) is 5.88. The fraction of sp³-hybridized carbons (Fsp3) is 0.700. The summed E-state index contributed by atoms with van der Waals surface area (Å²) in [6.45, 7) is 1.12. The second-order valence-corrected chi connectivity index (χ2v) is 8.04. The topological polar surface area (TPSA) is 12.5 Å². The zero-order valence-corrected chi connectivity index (χ0v) is 13.7. The Morgan fingerprint density at radius 3 is 2.86 bits per heavy atom. The summed E-state index contributed by atoms with van der Waals surface area (Å²) in [5.74, 6) is 1.69. The van der Waals surface area contributed by atoms with Crippen LogP contribution in [0.25, 0.3) is 0 Å². The van der Waals surface area contributed by atoms with Crippen molar-refractivity contribution in [2.45, 2.75) is 68.7 Å². The molecule has 0 N–H and O–H groups in total. The van der Waals surface area contributed by atoms with Crippen LogP contribution in [0.5, 0.6) is 0 Å². The van der Waals surface area contributed by atoms with Crippen molar-refractivity contribution in [3.63, 3.8) is 0 Å². The van der Waals surface area contributed by atoms with E-state index >= 15 is 0 Å². The number of piperidine rings is 1. The minimum absolute atomic E-state index is 0.469. The van der Waals surface area contributed by atoms with E-state index in [-0.39, 0.29) is 0 Å². The summed E-state index contributed by atoms with van der Waals surface area (Å²) in [5.41, 5.74) is 5.46. The maximum Gasteiger partial charge on any atom is 0.0575 e. The Labute approximate surface area is 133 Å². The van der Waals surface area contributed by atoms with Crippen LogP contribution < -0.4 is 0 Å². The van der Waals surface area contributed by atoms with Crippen LogP contribution in [-0.4, -0.2) is 24.8 Å². The summed E-state index contributed by atoms with van der Waals surface area (Å²) < 4.78 is 0. The van der Waals surface area contributed by atoms with E-state index in [9.17, 15) is 0 Å². The van der Waals surface area contributed by atoms with Gasteiger partial charge >= 0.3 is 0 Å². The van der Waals surface area contributed by atoms with Gasteiger partial charge in [-0.2, -0.15) is 5.06 Å². The summed E-state index contributed by atoms with van der Waals surface area (Å²) in [6.07, 6.45) is 11.0. The van der Waals surface area contributed by atoms with E-state index in [1.807, 2.05) is 7.11 Å². The molecule has 0 radical (unpaired) electrons. The second kappa shape index (κ2) is 4.82. The first-order valence-electron chi connectivity index (χ1n) is 9.26. The molecular formula is C20H27NO. The van der Waals surface area contributed by atoms with Crippen molar-refractivity contribution in [2.24, 2.45) is 5.92 Å². The molecule has 1 aromatic rings. The molecule has 4 aliphatic rings. The third-order valence-electron chi connectivity index (χ3n) is 7.09. The van der Waals surface area contributed by atoms with Gasteiger partial charge in [0, 0.05) is 18.0 Å². The highest BCUT2D eigenvalue weighted by molar-refractivity contribution is 5.45. The summed E-state index contributed by atoms with van der Waals surface area (Å²) in [5, 5.41) is 2.30. The number of fused-ring (bicyclic) bond motifs is 1. The molecule has 1 heterocycles. The lowest BCUT2D eigenvalue weighted by Gasteiger charge is -2.58. The molecule has 3 atom stereocenters. The Balaban J connectivity index is 1.64. The zero-order valence-electron chi connectivity index (χ0n) is 13.7. The first kappa shape index (κ1) is 13.6. The molecule has 0 unspecified atom stereocenters. The first-order valence-corrected chi connectivity index (χ1v) is 9.26. The molecule has 1 saturated heterocycles. The van der Waals surface area contributed by atoms with Gasteiger partial charge in [-0.3, -0.25) is 0 Å². The standard InChI is InChI=1S/C20H27NO/c1-22-21-11-10-20-9-3-2-4-17(20)19(21)13-16-8-7-15(12-18(16)20)14-5-6-14/h7-8,12,14,17,19H,2-6,9-11,13H2,1H3/t17-,19+,20+/m0/s1. The maximum absolute atomic E-state index is 5.74. The number of nitrogens with zero attached hydrogens (tertiary/aromatic N) is 1. The summed E-state index contributed by atoms with van der Waals surface area (Å²) in [4.78, 5) is 5.74. The predicted octanol–water partition coefficient (Wildman–Crippen LogP) is 4.18.